The van der Waals surface area contributed by atoms with E-state index in [4.69, 9.17) is 11.6 Å². The molecule has 7 heteroatoms. The van der Waals surface area contributed by atoms with Crippen LogP contribution < -0.4 is 5.32 Å². The van der Waals surface area contributed by atoms with E-state index in [1.807, 2.05) is 0 Å². The van der Waals surface area contributed by atoms with Gasteiger partial charge in [0.05, 0.1) is 21.9 Å². The average Bonchev–Trinajstić information content (AvgIpc) is 2.33. The molecule has 1 amide bonds. The van der Waals surface area contributed by atoms with Crippen molar-refractivity contribution in [2.75, 3.05) is 5.32 Å². The molecule has 1 N–H and O–H groups in total. The predicted molar refractivity (Wildman–Crippen MR) is 79.0 cm³/mol. The summed E-state index contributed by atoms with van der Waals surface area (Å²) in [4.78, 5) is 15.9. The van der Waals surface area contributed by atoms with Crippen molar-refractivity contribution in [2.24, 2.45) is 0 Å². The molecule has 0 aliphatic carbocycles. The number of aromatic nitrogens is 1. The number of carbonyl (C=O) groups is 1. The number of halogens is 4. The largest absolute Gasteiger partial charge is 0.321 e. The van der Waals surface area contributed by atoms with Crippen LogP contribution in [0.15, 0.2) is 39.4 Å². The highest BCUT2D eigenvalue weighted by atomic mass is 79.9. The summed E-state index contributed by atoms with van der Waals surface area (Å²) in [7, 11) is 0. The zero-order valence-corrected chi connectivity index (χ0v) is 13.2. The van der Waals surface area contributed by atoms with Crippen molar-refractivity contribution in [2.45, 2.75) is 0 Å². The second kappa shape index (κ2) is 5.98. The molecular formula is C12H6Br2ClFN2O. The van der Waals surface area contributed by atoms with E-state index in [1.54, 1.807) is 6.07 Å². The molecule has 0 aliphatic heterocycles. The van der Waals surface area contributed by atoms with Crippen molar-refractivity contribution < 1.29 is 9.18 Å². The maximum Gasteiger partial charge on any atom is 0.256 e. The molecule has 2 aromatic rings. The second-order valence-electron chi connectivity index (χ2n) is 3.57. The molecule has 98 valence electrons. The van der Waals surface area contributed by atoms with Crippen LogP contribution in [0.5, 0.6) is 0 Å². The summed E-state index contributed by atoms with van der Waals surface area (Å²) in [5, 5.41) is 2.95. The summed E-state index contributed by atoms with van der Waals surface area (Å²) >= 11 is 12.1. The molecule has 2 rings (SSSR count). The van der Waals surface area contributed by atoms with Gasteiger partial charge in [-0.15, -0.1) is 0 Å². The average molecular weight is 408 g/mol. The molecule has 0 saturated carbocycles. The van der Waals surface area contributed by atoms with Crippen molar-refractivity contribution in [1.82, 2.24) is 4.98 Å². The maximum atomic E-state index is 12.9. The molecule has 0 saturated heterocycles. The van der Waals surface area contributed by atoms with Crippen molar-refractivity contribution in [1.29, 1.82) is 0 Å². The first kappa shape index (κ1) is 14.4. The molecule has 0 aliphatic rings. The highest BCUT2D eigenvalue weighted by Gasteiger charge is 2.11. The van der Waals surface area contributed by atoms with Crippen LogP contribution in [0.4, 0.5) is 10.1 Å². The molecule has 1 aromatic carbocycles. The lowest BCUT2D eigenvalue weighted by molar-refractivity contribution is 0.102. The highest BCUT2D eigenvalue weighted by Crippen LogP contribution is 2.24. The number of amides is 1. The van der Waals surface area contributed by atoms with Crippen LogP contribution in [0.3, 0.4) is 0 Å². The van der Waals surface area contributed by atoms with Crippen molar-refractivity contribution in [3.8, 4) is 0 Å². The van der Waals surface area contributed by atoms with Crippen LogP contribution in [0.25, 0.3) is 0 Å². The summed E-state index contributed by atoms with van der Waals surface area (Å²) in [5.41, 5.74) is 0.810. The molecule has 0 fully saturated rings. The number of carbonyl (C=O) groups excluding carboxylic acids is 1. The van der Waals surface area contributed by atoms with Crippen LogP contribution in [0, 0.1) is 5.82 Å². The van der Waals surface area contributed by atoms with Gasteiger partial charge in [-0.2, -0.15) is 0 Å². The number of nitrogens with one attached hydrogen (secondary N) is 1. The van der Waals surface area contributed by atoms with Gasteiger partial charge in [0.1, 0.15) is 11.0 Å². The molecule has 19 heavy (non-hydrogen) atoms. The fraction of sp³-hybridized carbons (Fsp3) is 0. The molecule has 0 atom stereocenters. The Morgan fingerprint density at radius 3 is 2.63 bits per heavy atom. The highest BCUT2D eigenvalue weighted by molar-refractivity contribution is 9.10. The Bertz CT molecular complexity index is 652. The molecule has 0 bridgehead atoms. The lowest BCUT2D eigenvalue weighted by Gasteiger charge is -2.07. The van der Waals surface area contributed by atoms with Crippen molar-refractivity contribution in [3.05, 3.63) is 55.9 Å². The molecule has 0 spiro atoms. The molecular weight excluding hydrogens is 402 g/mol. The number of hydrogen-bond donors (Lipinski definition) is 1. The first-order chi connectivity index (χ1) is 8.97. The second-order valence-corrected chi connectivity index (χ2v) is 5.64. The number of rotatable bonds is 2. The Kier molecular flexibility index (Phi) is 4.54. The summed E-state index contributed by atoms with van der Waals surface area (Å²) in [6, 6.07) is 5.47. The SMILES string of the molecule is O=C(Nc1cnc(Cl)c(Br)c1)c1ccc(F)cc1Br. The maximum absolute atomic E-state index is 12.9. The lowest BCUT2D eigenvalue weighted by atomic mass is 10.2. The summed E-state index contributed by atoms with van der Waals surface area (Å²) in [6.07, 6.45) is 1.43. The summed E-state index contributed by atoms with van der Waals surface area (Å²) < 4.78 is 13.9. The zero-order chi connectivity index (χ0) is 14.0. The van der Waals surface area contributed by atoms with Crippen molar-refractivity contribution in [3.63, 3.8) is 0 Å². The third kappa shape index (κ3) is 3.52. The smallest absolute Gasteiger partial charge is 0.256 e. The van der Waals surface area contributed by atoms with Gasteiger partial charge in [0.15, 0.2) is 0 Å². The molecule has 0 radical (unpaired) electrons. The minimum atomic E-state index is -0.417. The molecule has 0 unspecified atom stereocenters. The third-order valence-corrected chi connectivity index (χ3v) is 4.02. The first-order valence-corrected chi connectivity index (χ1v) is 7.01. The number of nitrogens with zero attached hydrogens (tertiary/aromatic N) is 1. The third-order valence-electron chi connectivity index (χ3n) is 2.23. The Balaban J connectivity index is 2.23. The molecule has 3 nitrogen and oxygen atoms in total. The standard InChI is InChI=1S/C12H6Br2ClFN2O/c13-9-3-6(16)1-2-8(9)12(19)18-7-4-10(14)11(15)17-5-7/h1-5H,(H,18,19). The van der Waals surface area contributed by atoms with E-state index in [0.717, 1.165) is 0 Å². The Morgan fingerprint density at radius 1 is 1.26 bits per heavy atom. The fourth-order valence-electron chi connectivity index (χ4n) is 1.36. The van der Waals surface area contributed by atoms with E-state index < -0.39 is 5.82 Å². The van der Waals surface area contributed by atoms with Gasteiger partial charge in [0.25, 0.3) is 5.91 Å². The lowest BCUT2D eigenvalue weighted by Crippen LogP contribution is -2.12. The zero-order valence-electron chi connectivity index (χ0n) is 9.25. The Hall–Kier alpha value is -0.980. The summed E-state index contributed by atoms with van der Waals surface area (Å²) in [6.45, 7) is 0. The van der Waals surface area contributed by atoms with E-state index in [1.165, 1.54) is 24.4 Å². The van der Waals surface area contributed by atoms with Gasteiger partial charge < -0.3 is 5.32 Å². The van der Waals surface area contributed by atoms with Crippen LogP contribution in [0.1, 0.15) is 10.4 Å². The fourth-order valence-corrected chi connectivity index (χ4v) is 2.34. The predicted octanol–water partition coefficient (Wildman–Crippen LogP) is 4.65. The number of hydrogen-bond acceptors (Lipinski definition) is 2. The first-order valence-electron chi connectivity index (χ1n) is 5.05. The molecule has 1 heterocycles. The van der Waals surface area contributed by atoms with Crippen LogP contribution >= 0.6 is 43.5 Å². The number of anilines is 1. The number of pyridine rings is 1. The van der Waals surface area contributed by atoms with Crippen LogP contribution in [-0.4, -0.2) is 10.9 Å². The summed E-state index contributed by atoms with van der Waals surface area (Å²) in [5.74, 6) is -0.790. The van der Waals surface area contributed by atoms with Gasteiger partial charge in [-0.05, 0) is 56.1 Å². The van der Waals surface area contributed by atoms with E-state index >= 15 is 0 Å². The van der Waals surface area contributed by atoms with Gasteiger partial charge >= 0.3 is 0 Å². The Morgan fingerprint density at radius 2 is 2.00 bits per heavy atom. The molecule has 1 aromatic heterocycles. The van der Waals surface area contributed by atoms with Gasteiger partial charge in [-0.3, -0.25) is 4.79 Å². The van der Waals surface area contributed by atoms with Gasteiger partial charge in [-0.1, -0.05) is 11.6 Å². The van der Waals surface area contributed by atoms with Gasteiger partial charge in [-0.25, -0.2) is 9.37 Å². The minimum absolute atomic E-state index is 0.306. The van der Waals surface area contributed by atoms with E-state index in [-0.39, 0.29) is 5.91 Å². The van der Waals surface area contributed by atoms with Crippen LogP contribution in [0.2, 0.25) is 5.15 Å². The quantitative estimate of drug-likeness (QED) is 0.735. The Labute approximate surface area is 130 Å². The van der Waals surface area contributed by atoms with E-state index in [9.17, 15) is 9.18 Å². The monoisotopic (exact) mass is 406 g/mol. The van der Waals surface area contributed by atoms with Crippen LogP contribution in [-0.2, 0) is 0 Å². The van der Waals surface area contributed by atoms with Gasteiger partial charge in [0.2, 0.25) is 0 Å². The number of benzene rings is 1. The van der Waals surface area contributed by atoms with Crippen molar-refractivity contribution >= 4 is 55.1 Å². The van der Waals surface area contributed by atoms with Gasteiger partial charge in [0, 0.05) is 4.47 Å². The minimum Gasteiger partial charge on any atom is -0.321 e. The normalized spacial score (nSPS) is 10.3. The van der Waals surface area contributed by atoms with E-state index in [0.29, 0.717) is 25.3 Å². The topological polar surface area (TPSA) is 42.0 Å². The van der Waals surface area contributed by atoms with E-state index in [2.05, 4.69) is 42.2 Å².